The Morgan fingerprint density at radius 1 is 1.26 bits per heavy atom. The first kappa shape index (κ1) is 21.1. The number of carbonyl (C=O) groups is 2. The Bertz CT molecular complexity index is 1110. The van der Waals surface area contributed by atoms with Gasteiger partial charge in [0.15, 0.2) is 0 Å². The third-order valence-electron chi connectivity index (χ3n) is 5.38. The number of piperazine rings is 1. The van der Waals surface area contributed by atoms with E-state index in [-0.39, 0.29) is 18.4 Å². The molecular weight excluding hydrogens is 416 g/mol. The van der Waals surface area contributed by atoms with E-state index in [0.717, 1.165) is 22.2 Å². The zero-order valence-electron chi connectivity index (χ0n) is 17.1. The van der Waals surface area contributed by atoms with Gasteiger partial charge in [-0.3, -0.25) is 14.6 Å². The highest BCUT2D eigenvalue weighted by molar-refractivity contribution is 6.30. The predicted octanol–water partition coefficient (Wildman–Crippen LogP) is 3.12. The summed E-state index contributed by atoms with van der Waals surface area (Å²) in [6.45, 7) is 1.38. The molecule has 8 heteroatoms. The maximum atomic E-state index is 13.2. The molecule has 0 radical (unpaired) electrons. The quantitative estimate of drug-likeness (QED) is 0.600. The molecule has 3 heterocycles. The molecule has 1 aliphatic heterocycles. The zero-order chi connectivity index (χ0) is 21.8. The van der Waals surface area contributed by atoms with Crippen LogP contribution in [-0.4, -0.2) is 64.4 Å². The summed E-state index contributed by atoms with van der Waals surface area (Å²) < 4.78 is 5.26. The topological polar surface area (TPSA) is 78.5 Å². The number of methoxy groups -OCH3 is 1. The maximum absolute atomic E-state index is 13.2. The van der Waals surface area contributed by atoms with Gasteiger partial charge in [0.1, 0.15) is 6.04 Å². The number of hydrogen-bond acceptors (Lipinski definition) is 4. The van der Waals surface area contributed by atoms with Gasteiger partial charge in [-0.2, -0.15) is 0 Å². The first-order chi connectivity index (χ1) is 15.1. The third-order valence-corrected chi connectivity index (χ3v) is 5.63. The minimum atomic E-state index is -0.674. The van der Waals surface area contributed by atoms with Gasteiger partial charge in [-0.05, 0) is 35.9 Å². The lowest BCUT2D eigenvalue weighted by molar-refractivity contribution is -0.152. The Morgan fingerprint density at radius 3 is 2.84 bits per heavy atom. The fourth-order valence-corrected chi connectivity index (χ4v) is 3.89. The number of rotatable bonds is 6. The fourth-order valence-electron chi connectivity index (χ4n) is 3.77. The van der Waals surface area contributed by atoms with E-state index in [2.05, 4.69) is 9.97 Å². The van der Waals surface area contributed by atoms with Crippen molar-refractivity contribution in [2.75, 3.05) is 26.8 Å². The number of ether oxygens (including phenoxy) is 1. The summed E-state index contributed by atoms with van der Waals surface area (Å²) in [7, 11) is 1.53. The van der Waals surface area contributed by atoms with E-state index in [0.29, 0.717) is 24.7 Å². The summed E-state index contributed by atoms with van der Waals surface area (Å²) in [5, 5.41) is 1.62. The standard InChI is InChI=1S/C23H23ClN4O3/c1-31-15-21-23(30)27(14-20-18-8-10-25-19(18)9-11-26-20)12-13-28(21)22(29)7-4-16-2-5-17(24)6-3-16/h2-11,21,25H,12-15H2,1H3/t21-/m0/s1. The number of H-pyrrole nitrogens is 1. The molecule has 1 N–H and O–H groups in total. The van der Waals surface area contributed by atoms with E-state index in [4.69, 9.17) is 16.3 Å². The molecule has 31 heavy (non-hydrogen) atoms. The fraction of sp³-hybridized carbons (Fsp3) is 0.261. The summed E-state index contributed by atoms with van der Waals surface area (Å²) >= 11 is 5.90. The lowest BCUT2D eigenvalue weighted by atomic mass is 10.1. The summed E-state index contributed by atoms with van der Waals surface area (Å²) in [6.07, 6.45) is 6.79. The molecule has 4 rings (SSSR count). The second-order valence-electron chi connectivity index (χ2n) is 7.34. The van der Waals surface area contributed by atoms with Crippen LogP contribution in [0.1, 0.15) is 11.3 Å². The van der Waals surface area contributed by atoms with Gasteiger partial charge in [-0.15, -0.1) is 0 Å². The van der Waals surface area contributed by atoms with Crippen molar-refractivity contribution in [3.63, 3.8) is 0 Å². The van der Waals surface area contributed by atoms with Crippen LogP contribution in [0.25, 0.3) is 17.0 Å². The van der Waals surface area contributed by atoms with Crippen molar-refractivity contribution in [2.24, 2.45) is 0 Å². The molecule has 160 valence electrons. The van der Waals surface area contributed by atoms with Gasteiger partial charge in [0.2, 0.25) is 11.8 Å². The molecule has 1 aromatic carbocycles. The Morgan fingerprint density at radius 2 is 2.06 bits per heavy atom. The number of aromatic amines is 1. The molecule has 0 bridgehead atoms. The smallest absolute Gasteiger partial charge is 0.248 e. The summed E-state index contributed by atoms with van der Waals surface area (Å²) in [4.78, 5) is 37.0. The Hall–Kier alpha value is -3.16. The van der Waals surface area contributed by atoms with Gasteiger partial charge in [-0.25, -0.2) is 0 Å². The van der Waals surface area contributed by atoms with Crippen LogP contribution < -0.4 is 0 Å². The molecule has 1 saturated heterocycles. The summed E-state index contributed by atoms with van der Waals surface area (Å²) in [6, 6.07) is 10.4. The first-order valence-corrected chi connectivity index (χ1v) is 10.4. The predicted molar refractivity (Wildman–Crippen MR) is 119 cm³/mol. The molecule has 0 saturated carbocycles. The van der Waals surface area contributed by atoms with Crippen molar-refractivity contribution < 1.29 is 14.3 Å². The minimum absolute atomic E-state index is 0.137. The van der Waals surface area contributed by atoms with Crippen LogP contribution in [0.3, 0.4) is 0 Å². The largest absolute Gasteiger partial charge is 0.382 e. The molecule has 0 spiro atoms. The second-order valence-corrected chi connectivity index (χ2v) is 7.78. The van der Waals surface area contributed by atoms with Crippen LogP contribution in [-0.2, 0) is 20.9 Å². The van der Waals surface area contributed by atoms with E-state index in [9.17, 15) is 9.59 Å². The molecule has 7 nitrogen and oxygen atoms in total. The highest BCUT2D eigenvalue weighted by Crippen LogP contribution is 2.20. The van der Waals surface area contributed by atoms with E-state index < -0.39 is 6.04 Å². The molecule has 1 atom stereocenters. The SMILES string of the molecule is COC[C@H]1C(=O)N(Cc2nccc3[nH]ccc23)CCN1C(=O)C=Cc1ccc(Cl)cc1. The van der Waals surface area contributed by atoms with Crippen molar-refractivity contribution in [2.45, 2.75) is 12.6 Å². The summed E-state index contributed by atoms with van der Waals surface area (Å²) in [5.41, 5.74) is 2.66. The van der Waals surface area contributed by atoms with Crippen LogP contribution in [0.15, 0.2) is 54.9 Å². The number of benzene rings is 1. The van der Waals surface area contributed by atoms with Crippen molar-refractivity contribution in [3.05, 3.63) is 71.1 Å². The maximum Gasteiger partial charge on any atom is 0.248 e. The molecule has 1 aliphatic rings. The average molecular weight is 439 g/mol. The van der Waals surface area contributed by atoms with Gasteiger partial charge in [-0.1, -0.05) is 23.7 Å². The number of halogens is 1. The molecule has 2 amide bonds. The van der Waals surface area contributed by atoms with Crippen molar-refractivity contribution in [1.29, 1.82) is 0 Å². The number of nitrogens with one attached hydrogen (secondary N) is 1. The van der Waals surface area contributed by atoms with Gasteiger partial charge in [0, 0.05) is 54.6 Å². The molecule has 0 unspecified atom stereocenters. The van der Waals surface area contributed by atoms with Crippen molar-refractivity contribution >= 4 is 40.4 Å². The van der Waals surface area contributed by atoms with Gasteiger partial charge < -0.3 is 19.5 Å². The lowest BCUT2D eigenvalue weighted by Gasteiger charge is -2.39. The Balaban J connectivity index is 1.49. The number of nitrogens with zero attached hydrogens (tertiary/aromatic N) is 3. The van der Waals surface area contributed by atoms with Crippen molar-refractivity contribution in [3.8, 4) is 0 Å². The van der Waals surface area contributed by atoms with E-state index >= 15 is 0 Å². The number of fused-ring (bicyclic) bond motifs is 1. The number of amides is 2. The normalized spacial score (nSPS) is 17.1. The van der Waals surface area contributed by atoms with Gasteiger partial charge in [0.25, 0.3) is 0 Å². The average Bonchev–Trinajstić information content (AvgIpc) is 3.26. The molecule has 0 aliphatic carbocycles. The number of carbonyl (C=O) groups excluding carboxylic acids is 2. The molecule has 3 aromatic rings. The lowest BCUT2D eigenvalue weighted by Crippen LogP contribution is -2.59. The van der Waals surface area contributed by atoms with Crippen LogP contribution in [0.5, 0.6) is 0 Å². The number of aromatic nitrogens is 2. The van der Waals surface area contributed by atoms with Crippen LogP contribution in [0.4, 0.5) is 0 Å². The second kappa shape index (κ2) is 9.32. The number of pyridine rings is 1. The highest BCUT2D eigenvalue weighted by Gasteiger charge is 2.37. The van der Waals surface area contributed by atoms with E-state index in [1.54, 1.807) is 34.2 Å². The zero-order valence-corrected chi connectivity index (χ0v) is 17.9. The highest BCUT2D eigenvalue weighted by atomic mass is 35.5. The third kappa shape index (κ3) is 4.62. The molecular formula is C23H23ClN4O3. The molecule has 1 fully saturated rings. The molecule has 2 aromatic heterocycles. The monoisotopic (exact) mass is 438 g/mol. The number of hydrogen-bond donors (Lipinski definition) is 1. The summed E-state index contributed by atoms with van der Waals surface area (Å²) in [5.74, 6) is -0.369. The van der Waals surface area contributed by atoms with E-state index in [1.807, 2.05) is 30.5 Å². The van der Waals surface area contributed by atoms with Crippen LogP contribution >= 0.6 is 11.6 Å². The minimum Gasteiger partial charge on any atom is -0.382 e. The first-order valence-electron chi connectivity index (χ1n) is 10.00. The van der Waals surface area contributed by atoms with Crippen LogP contribution in [0.2, 0.25) is 5.02 Å². The van der Waals surface area contributed by atoms with Gasteiger partial charge >= 0.3 is 0 Å². The van der Waals surface area contributed by atoms with Crippen LogP contribution in [0, 0.1) is 0 Å². The van der Waals surface area contributed by atoms with Crippen molar-refractivity contribution in [1.82, 2.24) is 19.8 Å². The Labute approximate surface area is 185 Å². The van der Waals surface area contributed by atoms with Gasteiger partial charge in [0.05, 0.1) is 18.8 Å². The van der Waals surface area contributed by atoms with E-state index in [1.165, 1.54) is 13.2 Å². The Kier molecular flexibility index (Phi) is 6.34.